The Kier molecular flexibility index (Phi) is 5.46. The lowest BCUT2D eigenvalue weighted by Crippen LogP contribution is -2.58. The fourth-order valence-corrected chi connectivity index (χ4v) is 4.10. The molecule has 2 aromatic carbocycles. The van der Waals surface area contributed by atoms with Crippen molar-refractivity contribution < 1.29 is 18.9 Å². The van der Waals surface area contributed by atoms with E-state index in [0.29, 0.717) is 11.4 Å². The van der Waals surface area contributed by atoms with Crippen LogP contribution in [0.2, 0.25) is 0 Å². The van der Waals surface area contributed by atoms with Gasteiger partial charge in [-0.25, -0.2) is 0 Å². The minimum Gasteiger partial charge on any atom is -0.495 e. The second kappa shape index (κ2) is 8.22. The van der Waals surface area contributed by atoms with Crippen molar-refractivity contribution in [3.8, 4) is 5.75 Å². The third-order valence-corrected chi connectivity index (χ3v) is 5.66. The Bertz CT molecular complexity index is 1150. The number of anilines is 2. The summed E-state index contributed by atoms with van der Waals surface area (Å²) < 4.78 is 7.37. The van der Waals surface area contributed by atoms with Gasteiger partial charge in [-0.1, -0.05) is 30.3 Å². The molecule has 2 amide bonds. The smallest absolute Gasteiger partial charge is 0.294 e. The molecule has 0 aliphatic carbocycles. The highest BCUT2D eigenvalue weighted by Gasteiger charge is 2.44. The van der Waals surface area contributed by atoms with Gasteiger partial charge in [0.1, 0.15) is 5.75 Å². The predicted octanol–water partition coefficient (Wildman–Crippen LogP) is 3.63. The van der Waals surface area contributed by atoms with Crippen LogP contribution in [0.5, 0.6) is 5.75 Å². The number of hydrogen-bond acceptors (Lipinski definition) is 3. The number of aryl methyl sites for hydroxylation is 3. The van der Waals surface area contributed by atoms with Gasteiger partial charge in [0.05, 0.1) is 12.8 Å². The van der Waals surface area contributed by atoms with Crippen molar-refractivity contribution in [1.29, 1.82) is 0 Å². The number of amides is 2. The third kappa shape index (κ3) is 3.77. The SMILES string of the molecule is COc1ccc(C)cc1N1C(=O)C[n+]2ccccc2[C@@H]1C(=O)Nc1c(C)cccc1C. The summed E-state index contributed by atoms with van der Waals surface area (Å²) in [5, 5.41) is 3.07. The molecular weight excluding hydrogens is 390 g/mol. The molecule has 6 heteroatoms. The van der Waals surface area contributed by atoms with Gasteiger partial charge in [-0.2, -0.15) is 4.57 Å². The number of fused-ring (bicyclic) bond motifs is 1. The summed E-state index contributed by atoms with van der Waals surface area (Å²) in [6.45, 7) is 6.02. The zero-order valence-corrected chi connectivity index (χ0v) is 18.2. The highest BCUT2D eigenvalue weighted by atomic mass is 16.5. The van der Waals surface area contributed by atoms with Gasteiger partial charge < -0.3 is 10.1 Å². The Labute approximate surface area is 182 Å². The number of rotatable bonds is 4. The molecule has 0 bridgehead atoms. The van der Waals surface area contributed by atoms with E-state index in [1.807, 2.05) is 86.1 Å². The van der Waals surface area contributed by atoms with E-state index in [-0.39, 0.29) is 18.4 Å². The summed E-state index contributed by atoms with van der Waals surface area (Å²) in [6, 6.07) is 16.3. The number of methoxy groups -OCH3 is 1. The number of nitrogens with zero attached hydrogens (tertiary/aromatic N) is 2. The Morgan fingerprint density at radius 3 is 2.52 bits per heavy atom. The number of nitrogens with one attached hydrogen (secondary N) is 1. The molecule has 3 aromatic rings. The maximum absolute atomic E-state index is 13.7. The van der Waals surface area contributed by atoms with Crippen LogP contribution in [0.15, 0.2) is 60.8 Å². The molecule has 0 radical (unpaired) electrons. The summed E-state index contributed by atoms with van der Waals surface area (Å²) in [6.07, 6.45) is 1.83. The van der Waals surface area contributed by atoms with Crippen molar-refractivity contribution in [2.75, 3.05) is 17.3 Å². The number of carbonyl (C=O) groups excluding carboxylic acids is 2. The number of benzene rings is 2. The van der Waals surface area contributed by atoms with Gasteiger partial charge in [-0.05, 0) is 49.6 Å². The fourth-order valence-electron chi connectivity index (χ4n) is 4.10. The van der Waals surface area contributed by atoms with Gasteiger partial charge in [0.15, 0.2) is 6.20 Å². The highest BCUT2D eigenvalue weighted by molar-refractivity contribution is 6.06. The first-order chi connectivity index (χ1) is 14.9. The molecule has 2 heterocycles. The van der Waals surface area contributed by atoms with Crippen molar-refractivity contribution in [3.63, 3.8) is 0 Å². The maximum Gasteiger partial charge on any atom is 0.294 e. The molecule has 1 atom stereocenters. The minimum absolute atomic E-state index is 0.153. The second-order valence-electron chi connectivity index (χ2n) is 7.85. The number of para-hydroxylation sites is 1. The van der Waals surface area contributed by atoms with E-state index in [4.69, 9.17) is 4.74 Å². The lowest BCUT2D eigenvalue weighted by molar-refractivity contribution is -0.695. The normalized spacial score (nSPS) is 15.4. The van der Waals surface area contributed by atoms with Gasteiger partial charge in [-0.15, -0.1) is 0 Å². The molecular formula is C25H26N3O3+. The van der Waals surface area contributed by atoms with E-state index in [2.05, 4.69) is 5.32 Å². The second-order valence-corrected chi connectivity index (χ2v) is 7.85. The molecule has 0 saturated heterocycles. The largest absolute Gasteiger partial charge is 0.495 e. The molecule has 0 unspecified atom stereocenters. The molecule has 1 aliphatic rings. The third-order valence-electron chi connectivity index (χ3n) is 5.66. The van der Waals surface area contributed by atoms with Crippen molar-refractivity contribution in [1.82, 2.24) is 0 Å². The van der Waals surface area contributed by atoms with E-state index in [9.17, 15) is 9.59 Å². The Hall–Kier alpha value is -3.67. The predicted molar refractivity (Wildman–Crippen MR) is 119 cm³/mol. The first-order valence-corrected chi connectivity index (χ1v) is 10.2. The van der Waals surface area contributed by atoms with Crippen LogP contribution in [0, 0.1) is 20.8 Å². The molecule has 6 nitrogen and oxygen atoms in total. The average molecular weight is 417 g/mol. The number of hydrogen-bond donors (Lipinski definition) is 1. The van der Waals surface area contributed by atoms with Crippen LogP contribution < -0.4 is 19.5 Å². The number of pyridine rings is 1. The summed E-state index contributed by atoms with van der Waals surface area (Å²) in [5.41, 5.74) is 5.01. The van der Waals surface area contributed by atoms with E-state index in [0.717, 1.165) is 28.1 Å². The van der Waals surface area contributed by atoms with Crippen molar-refractivity contribution in [3.05, 3.63) is 83.2 Å². The standard InChI is InChI=1S/C25H25N3O3/c1-16-11-12-21(31-4)20(14-16)28-22(29)15-27-13-6-5-10-19(27)24(28)25(30)26-23-17(2)8-7-9-18(23)3/h5-14,24H,15H2,1-4H3/p+1/t24-/m1/s1. The van der Waals surface area contributed by atoms with E-state index in [1.54, 1.807) is 12.0 Å². The van der Waals surface area contributed by atoms with Gasteiger partial charge in [0.25, 0.3) is 11.8 Å². The molecule has 31 heavy (non-hydrogen) atoms. The van der Waals surface area contributed by atoms with Crippen molar-refractivity contribution in [2.45, 2.75) is 33.4 Å². The first-order valence-electron chi connectivity index (χ1n) is 10.2. The van der Waals surface area contributed by atoms with Gasteiger partial charge >= 0.3 is 0 Å². The molecule has 0 spiro atoms. The quantitative estimate of drug-likeness (QED) is 0.661. The fraction of sp³-hybridized carbons (Fsp3) is 0.240. The Morgan fingerprint density at radius 2 is 1.81 bits per heavy atom. The highest BCUT2D eigenvalue weighted by Crippen LogP contribution is 2.37. The van der Waals surface area contributed by atoms with Crippen LogP contribution in [-0.2, 0) is 16.1 Å². The zero-order chi connectivity index (χ0) is 22.1. The Balaban J connectivity index is 1.85. The first kappa shape index (κ1) is 20.6. The van der Waals surface area contributed by atoms with Crippen LogP contribution in [0.25, 0.3) is 0 Å². The molecule has 1 N–H and O–H groups in total. The average Bonchev–Trinajstić information content (AvgIpc) is 2.75. The Morgan fingerprint density at radius 1 is 1.06 bits per heavy atom. The zero-order valence-electron chi connectivity index (χ0n) is 18.2. The van der Waals surface area contributed by atoms with Crippen molar-refractivity contribution in [2.24, 2.45) is 0 Å². The summed E-state index contributed by atoms with van der Waals surface area (Å²) in [5.74, 6) is 0.108. The molecule has 4 rings (SSSR count). The minimum atomic E-state index is -0.836. The van der Waals surface area contributed by atoms with Crippen LogP contribution >= 0.6 is 0 Å². The number of ether oxygens (including phenoxy) is 1. The monoisotopic (exact) mass is 416 g/mol. The molecule has 1 aliphatic heterocycles. The van der Waals surface area contributed by atoms with Crippen LogP contribution in [0.4, 0.5) is 11.4 Å². The van der Waals surface area contributed by atoms with E-state index in [1.165, 1.54) is 0 Å². The lowest BCUT2D eigenvalue weighted by Gasteiger charge is -2.33. The molecule has 1 aromatic heterocycles. The van der Waals surface area contributed by atoms with Gasteiger partial charge in [-0.3, -0.25) is 14.5 Å². The number of carbonyl (C=O) groups is 2. The number of aromatic nitrogens is 1. The lowest BCUT2D eigenvalue weighted by atomic mass is 10.0. The van der Waals surface area contributed by atoms with Crippen LogP contribution in [0.3, 0.4) is 0 Å². The maximum atomic E-state index is 13.7. The summed E-state index contributed by atoms with van der Waals surface area (Å²) in [7, 11) is 1.57. The van der Waals surface area contributed by atoms with Gasteiger partial charge in [0.2, 0.25) is 18.3 Å². The van der Waals surface area contributed by atoms with Crippen LogP contribution in [-0.4, -0.2) is 18.9 Å². The topological polar surface area (TPSA) is 62.5 Å². The van der Waals surface area contributed by atoms with E-state index >= 15 is 0 Å². The molecule has 158 valence electrons. The van der Waals surface area contributed by atoms with Crippen LogP contribution in [0.1, 0.15) is 28.4 Å². The summed E-state index contributed by atoms with van der Waals surface area (Å²) >= 11 is 0. The summed E-state index contributed by atoms with van der Waals surface area (Å²) in [4.78, 5) is 28.6. The van der Waals surface area contributed by atoms with Gasteiger partial charge in [0, 0.05) is 17.8 Å². The molecule has 0 fully saturated rings. The molecule has 0 saturated carbocycles. The van der Waals surface area contributed by atoms with Crippen molar-refractivity contribution >= 4 is 23.2 Å². The van der Waals surface area contributed by atoms with E-state index < -0.39 is 6.04 Å².